The minimum Gasteiger partial charge on any atom is -0.358 e. The normalized spacial score (nSPS) is 15.7. The molecule has 1 fully saturated rings. The molecule has 1 aliphatic rings. The summed E-state index contributed by atoms with van der Waals surface area (Å²) in [5, 5.41) is 1.14. The first-order valence-corrected chi connectivity index (χ1v) is 8.77. The molecular formula is C20H22N4O. The number of amides is 1. The van der Waals surface area contributed by atoms with Gasteiger partial charge in [0.2, 0.25) is 0 Å². The first-order valence-electron chi connectivity index (χ1n) is 8.77. The molecular weight excluding hydrogens is 312 g/mol. The lowest BCUT2D eigenvalue weighted by Crippen LogP contribution is -2.38. The van der Waals surface area contributed by atoms with Gasteiger partial charge in [-0.25, -0.2) is 0 Å². The van der Waals surface area contributed by atoms with Crippen LogP contribution in [-0.4, -0.2) is 38.8 Å². The van der Waals surface area contributed by atoms with E-state index in [9.17, 15) is 4.79 Å². The van der Waals surface area contributed by atoms with Crippen LogP contribution in [0.15, 0.2) is 36.8 Å². The number of carbonyl (C=O) groups is 1. The van der Waals surface area contributed by atoms with Crippen molar-refractivity contribution in [3.05, 3.63) is 59.3 Å². The molecule has 1 saturated heterocycles. The first kappa shape index (κ1) is 15.8. The average molecular weight is 334 g/mol. The Morgan fingerprint density at radius 3 is 2.72 bits per heavy atom. The van der Waals surface area contributed by atoms with Crippen molar-refractivity contribution in [1.29, 1.82) is 0 Å². The van der Waals surface area contributed by atoms with Gasteiger partial charge in [-0.15, -0.1) is 0 Å². The third-order valence-corrected chi connectivity index (χ3v) is 5.34. The fraction of sp³-hybridized carbons (Fsp3) is 0.350. The summed E-state index contributed by atoms with van der Waals surface area (Å²) in [4.78, 5) is 26.8. The number of hydrogen-bond donors (Lipinski definition) is 1. The van der Waals surface area contributed by atoms with E-state index in [-0.39, 0.29) is 5.91 Å². The van der Waals surface area contributed by atoms with Gasteiger partial charge in [0.25, 0.3) is 5.91 Å². The molecule has 1 N–H and O–H groups in total. The van der Waals surface area contributed by atoms with Crippen molar-refractivity contribution in [2.75, 3.05) is 13.1 Å². The van der Waals surface area contributed by atoms with Gasteiger partial charge in [-0.3, -0.25) is 14.8 Å². The van der Waals surface area contributed by atoms with Crippen LogP contribution in [0.3, 0.4) is 0 Å². The topological polar surface area (TPSA) is 61.9 Å². The van der Waals surface area contributed by atoms with Crippen LogP contribution >= 0.6 is 0 Å². The minimum atomic E-state index is 0.123. The highest BCUT2D eigenvalue weighted by Gasteiger charge is 2.25. The molecule has 25 heavy (non-hydrogen) atoms. The zero-order valence-electron chi connectivity index (χ0n) is 14.6. The maximum absolute atomic E-state index is 12.9. The van der Waals surface area contributed by atoms with Gasteiger partial charge < -0.3 is 9.88 Å². The summed E-state index contributed by atoms with van der Waals surface area (Å²) in [6.07, 6.45) is 7.16. The van der Waals surface area contributed by atoms with Crippen molar-refractivity contribution in [3.8, 4) is 0 Å². The van der Waals surface area contributed by atoms with Gasteiger partial charge in [-0.05, 0) is 50.5 Å². The van der Waals surface area contributed by atoms with Gasteiger partial charge in [0.15, 0.2) is 0 Å². The van der Waals surface area contributed by atoms with Gasteiger partial charge in [0.05, 0.1) is 5.69 Å². The van der Waals surface area contributed by atoms with Gasteiger partial charge in [0, 0.05) is 59.8 Å². The Kier molecular flexibility index (Phi) is 3.99. The number of aromatic amines is 1. The van der Waals surface area contributed by atoms with E-state index in [1.54, 1.807) is 12.4 Å². The highest BCUT2D eigenvalue weighted by atomic mass is 16.2. The van der Waals surface area contributed by atoms with E-state index in [1.807, 2.05) is 29.3 Å². The highest BCUT2D eigenvalue weighted by Crippen LogP contribution is 2.28. The molecule has 0 saturated carbocycles. The number of nitrogens with one attached hydrogen (secondary N) is 1. The molecule has 5 nitrogen and oxygen atoms in total. The van der Waals surface area contributed by atoms with E-state index in [4.69, 9.17) is 0 Å². The molecule has 2 aromatic heterocycles. The van der Waals surface area contributed by atoms with Gasteiger partial charge in [-0.1, -0.05) is 0 Å². The quantitative estimate of drug-likeness (QED) is 0.779. The second-order valence-corrected chi connectivity index (χ2v) is 6.83. The number of aryl methyl sites for hydroxylation is 2. The Hall–Kier alpha value is -2.69. The van der Waals surface area contributed by atoms with Crippen molar-refractivity contribution in [1.82, 2.24) is 19.9 Å². The van der Waals surface area contributed by atoms with Crippen molar-refractivity contribution in [2.24, 2.45) is 0 Å². The number of aromatic nitrogens is 3. The lowest BCUT2D eigenvalue weighted by atomic mass is 9.93. The SMILES string of the molecule is Cc1[nH]c2ccc(C(=O)N3CCC(c4cnccn4)CC3)cc2c1C. The number of piperidine rings is 1. The molecule has 1 amide bonds. The zero-order chi connectivity index (χ0) is 17.4. The monoisotopic (exact) mass is 334 g/mol. The fourth-order valence-corrected chi connectivity index (χ4v) is 3.68. The minimum absolute atomic E-state index is 0.123. The second kappa shape index (κ2) is 6.31. The summed E-state index contributed by atoms with van der Waals surface area (Å²) in [5.74, 6) is 0.521. The molecule has 3 heterocycles. The summed E-state index contributed by atoms with van der Waals surface area (Å²) >= 11 is 0. The van der Waals surface area contributed by atoms with Crippen molar-refractivity contribution in [2.45, 2.75) is 32.6 Å². The number of hydrogen-bond acceptors (Lipinski definition) is 3. The number of fused-ring (bicyclic) bond motifs is 1. The lowest BCUT2D eigenvalue weighted by molar-refractivity contribution is 0.0712. The van der Waals surface area contributed by atoms with Crippen LogP contribution in [0.4, 0.5) is 0 Å². The summed E-state index contributed by atoms with van der Waals surface area (Å²) < 4.78 is 0. The van der Waals surface area contributed by atoms with E-state index in [1.165, 1.54) is 5.56 Å². The van der Waals surface area contributed by atoms with Crippen LogP contribution in [0, 0.1) is 13.8 Å². The first-order chi connectivity index (χ1) is 12.1. The van der Waals surface area contributed by atoms with Gasteiger partial charge >= 0.3 is 0 Å². The van der Waals surface area contributed by atoms with Gasteiger partial charge in [-0.2, -0.15) is 0 Å². The molecule has 0 unspecified atom stereocenters. The van der Waals surface area contributed by atoms with Crippen LogP contribution in [0.25, 0.3) is 10.9 Å². The van der Waals surface area contributed by atoms with Crippen LogP contribution in [0.2, 0.25) is 0 Å². The van der Waals surface area contributed by atoms with Crippen LogP contribution < -0.4 is 0 Å². The smallest absolute Gasteiger partial charge is 0.253 e. The molecule has 3 aromatic rings. The Balaban J connectivity index is 1.50. The molecule has 128 valence electrons. The van der Waals surface area contributed by atoms with Crippen molar-refractivity contribution in [3.63, 3.8) is 0 Å². The molecule has 0 radical (unpaired) electrons. The summed E-state index contributed by atoms with van der Waals surface area (Å²) in [6.45, 7) is 5.69. The zero-order valence-corrected chi connectivity index (χ0v) is 14.6. The lowest BCUT2D eigenvalue weighted by Gasteiger charge is -2.31. The van der Waals surface area contributed by atoms with E-state index < -0.39 is 0 Å². The van der Waals surface area contributed by atoms with Crippen LogP contribution in [0.5, 0.6) is 0 Å². The fourth-order valence-electron chi connectivity index (χ4n) is 3.68. The maximum Gasteiger partial charge on any atom is 0.253 e. The number of carbonyl (C=O) groups excluding carboxylic acids is 1. The molecule has 0 atom stereocenters. The Labute approximate surface area is 147 Å². The number of likely N-dealkylation sites (tertiary alicyclic amines) is 1. The van der Waals surface area contributed by atoms with Crippen LogP contribution in [-0.2, 0) is 0 Å². The number of H-pyrrole nitrogens is 1. The molecule has 1 aliphatic heterocycles. The predicted molar refractivity (Wildman–Crippen MR) is 97.7 cm³/mol. The average Bonchev–Trinajstić information content (AvgIpc) is 2.95. The Bertz CT molecular complexity index is 908. The van der Waals surface area contributed by atoms with E-state index >= 15 is 0 Å². The van der Waals surface area contributed by atoms with E-state index in [0.717, 1.165) is 53.8 Å². The maximum atomic E-state index is 12.9. The number of benzene rings is 1. The molecule has 4 rings (SSSR count). The van der Waals surface area contributed by atoms with E-state index in [0.29, 0.717) is 5.92 Å². The predicted octanol–water partition coefficient (Wildman–Crippen LogP) is 3.59. The molecule has 1 aromatic carbocycles. The Morgan fingerprint density at radius 1 is 1.20 bits per heavy atom. The van der Waals surface area contributed by atoms with Crippen LogP contribution in [0.1, 0.15) is 46.1 Å². The number of nitrogens with zero attached hydrogens (tertiary/aromatic N) is 3. The molecule has 0 bridgehead atoms. The largest absolute Gasteiger partial charge is 0.358 e. The molecule has 0 aliphatic carbocycles. The third kappa shape index (κ3) is 2.90. The van der Waals surface area contributed by atoms with Crippen molar-refractivity contribution >= 4 is 16.8 Å². The summed E-state index contributed by atoms with van der Waals surface area (Å²) in [7, 11) is 0. The van der Waals surface area contributed by atoms with E-state index in [2.05, 4.69) is 28.8 Å². The Morgan fingerprint density at radius 2 is 2.00 bits per heavy atom. The molecule has 0 spiro atoms. The summed E-state index contributed by atoms with van der Waals surface area (Å²) in [6, 6.07) is 5.95. The van der Waals surface area contributed by atoms with Gasteiger partial charge in [0.1, 0.15) is 0 Å². The molecule has 5 heteroatoms. The second-order valence-electron chi connectivity index (χ2n) is 6.83. The summed E-state index contributed by atoms with van der Waals surface area (Å²) in [5.41, 5.74) is 5.27. The number of rotatable bonds is 2. The third-order valence-electron chi connectivity index (χ3n) is 5.34. The highest BCUT2D eigenvalue weighted by molar-refractivity contribution is 5.99. The van der Waals surface area contributed by atoms with Crippen molar-refractivity contribution < 1.29 is 4.79 Å². The standard InChI is InChI=1S/C20H22N4O/c1-13-14(2)23-18-4-3-16(11-17(13)18)20(25)24-9-5-15(6-10-24)19-12-21-7-8-22-19/h3-4,7-8,11-12,15,23H,5-6,9-10H2,1-2H3.